The van der Waals surface area contributed by atoms with Crippen LogP contribution in [0.25, 0.3) is 0 Å². The monoisotopic (exact) mass is 220 g/mol. The van der Waals surface area contributed by atoms with Gasteiger partial charge in [-0.3, -0.25) is 10.1 Å². The molecule has 2 aromatic heterocycles. The van der Waals surface area contributed by atoms with Gasteiger partial charge in [0.25, 0.3) is 5.91 Å². The van der Waals surface area contributed by atoms with E-state index in [4.69, 9.17) is 4.42 Å². The van der Waals surface area contributed by atoms with Gasteiger partial charge in [-0.05, 0) is 12.1 Å². The van der Waals surface area contributed by atoms with Crippen LogP contribution in [0.3, 0.4) is 0 Å². The van der Waals surface area contributed by atoms with Crippen LogP contribution in [0, 0.1) is 6.92 Å². The Kier molecular flexibility index (Phi) is 2.50. The largest absolute Gasteiger partial charge is 0.505 e. The molecule has 7 heteroatoms. The van der Waals surface area contributed by atoms with Crippen LogP contribution in [0.15, 0.2) is 22.7 Å². The number of rotatable bonds is 2. The number of anilines is 1. The van der Waals surface area contributed by atoms with E-state index in [-0.39, 0.29) is 17.5 Å². The van der Waals surface area contributed by atoms with Gasteiger partial charge in [-0.25, -0.2) is 4.98 Å². The number of aryl methyl sites for hydroxylation is 1. The van der Waals surface area contributed by atoms with Crippen LogP contribution >= 0.6 is 0 Å². The van der Waals surface area contributed by atoms with Crippen molar-refractivity contribution in [3.63, 3.8) is 0 Å². The van der Waals surface area contributed by atoms with E-state index in [0.717, 1.165) is 0 Å². The molecule has 82 valence electrons. The Morgan fingerprint density at radius 3 is 2.94 bits per heavy atom. The van der Waals surface area contributed by atoms with E-state index in [0.29, 0.717) is 5.89 Å². The van der Waals surface area contributed by atoms with Crippen molar-refractivity contribution in [1.29, 1.82) is 0 Å². The molecule has 1 amide bonds. The zero-order chi connectivity index (χ0) is 11.5. The minimum Gasteiger partial charge on any atom is -0.505 e. The normalized spacial score (nSPS) is 10.1. The molecular formula is C9H8N4O3. The molecule has 0 aliphatic rings. The van der Waals surface area contributed by atoms with E-state index < -0.39 is 5.91 Å². The first-order chi connectivity index (χ1) is 7.66. The Hall–Kier alpha value is -2.44. The Balaban J connectivity index is 2.18. The summed E-state index contributed by atoms with van der Waals surface area (Å²) in [5.41, 5.74) is -0.0987. The number of carbonyl (C=O) groups is 1. The van der Waals surface area contributed by atoms with Crippen LogP contribution in [0.2, 0.25) is 0 Å². The SMILES string of the molecule is Cc1nnc(NC(=O)c2ncccc2O)o1. The predicted molar refractivity (Wildman–Crippen MR) is 52.9 cm³/mol. The molecule has 2 rings (SSSR count). The molecule has 16 heavy (non-hydrogen) atoms. The standard InChI is InChI=1S/C9H8N4O3/c1-5-12-13-9(16-5)11-8(15)7-6(14)3-2-4-10-7/h2-4,14H,1H3,(H,11,13,15). The second-order valence-electron chi connectivity index (χ2n) is 2.95. The Morgan fingerprint density at radius 2 is 2.31 bits per heavy atom. The lowest BCUT2D eigenvalue weighted by Crippen LogP contribution is -2.13. The summed E-state index contributed by atoms with van der Waals surface area (Å²) in [5, 5.41) is 18.8. The highest BCUT2D eigenvalue weighted by Crippen LogP contribution is 2.14. The summed E-state index contributed by atoms with van der Waals surface area (Å²) >= 11 is 0. The van der Waals surface area contributed by atoms with Crippen LogP contribution in [-0.4, -0.2) is 26.2 Å². The first-order valence-electron chi connectivity index (χ1n) is 4.42. The fourth-order valence-corrected chi connectivity index (χ4v) is 1.08. The molecule has 0 fully saturated rings. The Labute approximate surface area is 90.1 Å². The number of hydrogen-bond acceptors (Lipinski definition) is 6. The minimum absolute atomic E-state index is 0.0347. The summed E-state index contributed by atoms with van der Waals surface area (Å²) in [7, 11) is 0. The lowest BCUT2D eigenvalue weighted by Gasteiger charge is -2.00. The van der Waals surface area contributed by atoms with Crippen LogP contribution < -0.4 is 5.32 Å². The maximum atomic E-state index is 11.6. The molecular weight excluding hydrogens is 212 g/mol. The highest BCUT2D eigenvalue weighted by Gasteiger charge is 2.14. The lowest BCUT2D eigenvalue weighted by atomic mass is 10.3. The second kappa shape index (κ2) is 3.97. The summed E-state index contributed by atoms with van der Waals surface area (Å²) in [6, 6.07) is 2.84. The molecule has 0 spiro atoms. The van der Waals surface area contributed by atoms with Crippen molar-refractivity contribution in [2.45, 2.75) is 6.92 Å². The molecule has 0 radical (unpaired) electrons. The van der Waals surface area contributed by atoms with Crippen molar-refractivity contribution in [2.24, 2.45) is 0 Å². The van der Waals surface area contributed by atoms with Crippen molar-refractivity contribution in [1.82, 2.24) is 15.2 Å². The van der Waals surface area contributed by atoms with Gasteiger partial charge in [-0.1, -0.05) is 5.10 Å². The average molecular weight is 220 g/mol. The molecule has 7 nitrogen and oxygen atoms in total. The first-order valence-corrected chi connectivity index (χ1v) is 4.42. The highest BCUT2D eigenvalue weighted by atomic mass is 16.4. The van der Waals surface area contributed by atoms with Gasteiger partial charge in [0.15, 0.2) is 5.69 Å². The molecule has 2 heterocycles. The number of aromatic hydroxyl groups is 1. The van der Waals surface area contributed by atoms with Crippen LogP contribution in [0.4, 0.5) is 6.01 Å². The summed E-state index contributed by atoms with van der Waals surface area (Å²) in [6.45, 7) is 1.60. The average Bonchev–Trinajstić information content (AvgIpc) is 2.64. The highest BCUT2D eigenvalue weighted by molar-refractivity contribution is 6.03. The fourth-order valence-electron chi connectivity index (χ4n) is 1.08. The van der Waals surface area contributed by atoms with Crippen LogP contribution in [0.5, 0.6) is 5.75 Å². The maximum Gasteiger partial charge on any atom is 0.322 e. The Bertz CT molecular complexity index is 523. The quantitative estimate of drug-likeness (QED) is 0.773. The van der Waals surface area contributed by atoms with Gasteiger partial charge < -0.3 is 9.52 Å². The van der Waals surface area contributed by atoms with Gasteiger partial charge in [0.05, 0.1) is 0 Å². The van der Waals surface area contributed by atoms with E-state index in [1.165, 1.54) is 18.3 Å². The predicted octanol–water partition coefficient (Wildman–Crippen LogP) is 0.731. The van der Waals surface area contributed by atoms with E-state index >= 15 is 0 Å². The van der Waals surface area contributed by atoms with Gasteiger partial charge in [-0.15, -0.1) is 5.10 Å². The van der Waals surface area contributed by atoms with Gasteiger partial charge in [0, 0.05) is 13.1 Å². The van der Waals surface area contributed by atoms with E-state index in [1.54, 1.807) is 6.92 Å². The van der Waals surface area contributed by atoms with Crippen molar-refractivity contribution < 1.29 is 14.3 Å². The van der Waals surface area contributed by atoms with Crippen LogP contribution in [-0.2, 0) is 0 Å². The number of nitrogens with one attached hydrogen (secondary N) is 1. The second-order valence-corrected chi connectivity index (χ2v) is 2.95. The number of hydrogen-bond donors (Lipinski definition) is 2. The summed E-state index contributed by atoms with van der Waals surface area (Å²) in [6.07, 6.45) is 1.40. The van der Waals surface area contributed by atoms with E-state index in [2.05, 4.69) is 20.5 Å². The summed E-state index contributed by atoms with van der Waals surface area (Å²) in [4.78, 5) is 15.3. The summed E-state index contributed by atoms with van der Waals surface area (Å²) in [5.74, 6) is -0.487. The van der Waals surface area contributed by atoms with Crippen molar-refractivity contribution in [3.05, 3.63) is 29.9 Å². The molecule has 0 saturated carbocycles. The molecule has 0 unspecified atom stereocenters. The minimum atomic E-state index is -0.609. The van der Waals surface area contributed by atoms with Crippen molar-refractivity contribution in [2.75, 3.05) is 5.32 Å². The number of pyridine rings is 1. The van der Waals surface area contributed by atoms with E-state index in [1.807, 2.05) is 0 Å². The molecule has 2 N–H and O–H groups in total. The number of nitrogens with zero attached hydrogens (tertiary/aromatic N) is 3. The molecule has 2 aromatic rings. The van der Waals surface area contributed by atoms with Crippen LogP contribution in [0.1, 0.15) is 16.4 Å². The van der Waals surface area contributed by atoms with Crippen molar-refractivity contribution in [3.8, 4) is 5.75 Å². The molecule has 0 aliphatic heterocycles. The molecule has 0 aliphatic carbocycles. The summed E-state index contributed by atoms with van der Waals surface area (Å²) < 4.78 is 4.95. The zero-order valence-electron chi connectivity index (χ0n) is 8.34. The molecule has 0 bridgehead atoms. The number of carbonyl (C=O) groups excluding carboxylic acids is 1. The number of amides is 1. The van der Waals surface area contributed by atoms with Gasteiger partial charge in [-0.2, -0.15) is 0 Å². The maximum absolute atomic E-state index is 11.6. The fraction of sp³-hybridized carbons (Fsp3) is 0.111. The third kappa shape index (κ3) is 1.97. The third-order valence-corrected chi connectivity index (χ3v) is 1.75. The molecule has 0 aromatic carbocycles. The van der Waals surface area contributed by atoms with Gasteiger partial charge in [0.1, 0.15) is 5.75 Å². The van der Waals surface area contributed by atoms with E-state index in [9.17, 15) is 9.90 Å². The lowest BCUT2D eigenvalue weighted by molar-refractivity contribution is 0.101. The zero-order valence-corrected chi connectivity index (χ0v) is 8.34. The van der Waals surface area contributed by atoms with Gasteiger partial charge >= 0.3 is 6.01 Å². The van der Waals surface area contributed by atoms with Crippen molar-refractivity contribution >= 4 is 11.9 Å². The molecule has 0 atom stereocenters. The van der Waals surface area contributed by atoms with Gasteiger partial charge in [0.2, 0.25) is 5.89 Å². The third-order valence-electron chi connectivity index (χ3n) is 1.75. The molecule has 0 saturated heterocycles. The number of aromatic nitrogens is 3. The topological polar surface area (TPSA) is 101 Å². The Morgan fingerprint density at radius 1 is 1.50 bits per heavy atom. The first kappa shape index (κ1) is 10.1. The smallest absolute Gasteiger partial charge is 0.322 e.